The summed E-state index contributed by atoms with van der Waals surface area (Å²) < 4.78 is 5.49. The molecular formula is C40H44N6O6. The standard InChI is InChI=1S/C40H44N6O6/c41-26-11-9-25(10-12-26)29-5-1-2-6-30(29)32-15-8-24(20-36(32)52-40(42)51)4-3-7-37(49)45-28-14-13-27(44-22-28)21-43-23-35(48)31-16-18-34(47)39-33(31)17-19-38(50)46-39/h1-2,5-6,8,13-20,22,25-26,35,43,47-48H,3-4,7,9-12,21,23,41H2,(H2,42,51)(H,45,49)(H,46,50)/t25?,26?,35-/m0/s1. The van der Waals surface area contributed by atoms with Crippen LogP contribution in [-0.2, 0) is 17.8 Å². The summed E-state index contributed by atoms with van der Waals surface area (Å²) in [7, 11) is 0. The molecule has 2 heterocycles. The fraction of sp³-hybridized carbons (Fsp3) is 0.300. The normalized spacial score (nSPS) is 16.3. The monoisotopic (exact) mass is 704 g/mol. The predicted octanol–water partition coefficient (Wildman–Crippen LogP) is 5.52. The molecule has 0 radical (unpaired) electrons. The second-order valence-electron chi connectivity index (χ2n) is 13.3. The number of nitrogens with zero attached hydrogens (tertiary/aromatic N) is 1. The van der Waals surface area contributed by atoms with Crippen molar-refractivity contribution in [1.29, 1.82) is 0 Å². The lowest BCUT2D eigenvalue weighted by atomic mass is 9.79. The minimum absolute atomic E-state index is 0.0673. The van der Waals surface area contributed by atoms with Gasteiger partial charge in [0.15, 0.2) is 0 Å². The van der Waals surface area contributed by atoms with Crippen LogP contribution in [-0.4, -0.2) is 44.8 Å². The average molecular weight is 705 g/mol. The maximum Gasteiger partial charge on any atom is 0.409 e. The van der Waals surface area contributed by atoms with Crippen molar-refractivity contribution in [2.45, 2.75) is 69.6 Å². The number of aliphatic hydroxyl groups excluding tert-OH is 1. The molecule has 9 N–H and O–H groups in total. The van der Waals surface area contributed by atoms with Gasteiger partial charge in [0.25, 0.3) is 0 Å². The molecule has 1 saturated carbocycles. The lowest BCUT2D eigenvalue weighted by Gasteiger charge is -2.28. The van der Waals surface area contributed by atoms with Crippen molar-refractivity contribution < 1.29 is 24.5 Å². The number of hydrogen-bond donors (Lipinski definition) is 7. The summed E-state index contributed by atoms with van der Waals surface area (Å²) in [5, 5.41) is 27.5. The van der Waals surface area contributed by atoms with Crippen LogP contribution in [0, 0.1) is 0 Å². The van der Waals surface area contributed by atoms with E-state index in [9.17, 15) is 24.6 Å². The van der Waals surface area contributed by atoms with Gasteiger partial charge >= 0.3 is 6.09 Å². The highest BCUT2D eigenvalue weighted by Crippen LogP contribution is 2.41. The molecule has 2 amide bonds. The van der Waals surface area contributed by atoms with Crippen molar-refractivity contribution in [1.82, 2.24) is 15.3 Å². The number of nitrogens with one attached hydrogen (secondary N) is 3. The zero-order chi connectivity index (χ0) is 36.6. The number of aliphatic hydroxyl groups is 1. The summed E-state index contributed by atoms with van der Waals surface area (Å²) >= 11 is 0. The number of ether oxygens (including phenoxy) is 1. The highest BCUT2D eigenvalue weighted by atomic mass is 16.5. The van der Waals surface area contributed by atoms with Gasteiger partial charge in [-0.1, -0.05) is 42.5 Å². The summed E-state index contributed by atoms with van der Waals surface area (Å²) in [6, 6.07) is 23.8. The number of aromatic hydroxyl groups is 1. The largest absolute Gasteiger partial charge is 0.506 e. The van der Waals surface area contributed by atoms with Gasteiger partial charge in [-0.25, -0.2) is 4.79 Å². The first-order valence-electron chi connectivity index (χ1n) is 17.6. The fourth-order valence-corrected chi connectivity index (χ4v) is 6.94. The van der Waals surface area contributed by atoms with Gasteiger partial charge < -0.3 is 42.0 Å². The van der Waals surface area contributed by atoms with Crippen LogP contribution < -0.4 is 32.4 Å². The van der Waals surface area contributed by atoms with Gasteiger partial charge in [0, 0.05) is 42.6 Å². The van der Waals surface area contributed by atoms with Gasteiger partial charge in [-0.15, -0.1) is 0 Å². The van der Waals surface area contributed by atoms with Crippen LogP contribution >= 0.6 is 0 Å². The molecule has 0 saturated heterocycles. The van der Waals surface area contributed by atoms with Gasteiger partial charge in [0.05, 0.1) is 29.2 Å². The number of benzene rings is 3. The zero-order valence-electron chi connectivity index (χ0n) is 28.8. The van der Waals surface area contributed by atoms with E-state index in [1.807, 2.05) is 36.4 Å². The van der Waals surface area contributed by atoms with E-state index < -0.39 is 12.2 Å². The molecular weight excluding hydrogens is 660 g/mol. The van der Waals surface area contributed by atoms with Gasteiger partial charge in [0.1, 0.15) is 11.5 Å². The minimum Gasteiger partial charge on any atom is -0.506 e. The molecule has 12 nitrogen and oxygen atoms in total. The van der Waals surface area contributed by atoms with Crippen molar-refractivity contribution in [3.05, 3.63) is 118 Å². The first-order valence-corrected chi connectivity index (χ1v) is 17.6. The molecule has 5 aromatic rings. The van der Waals surface area contributed by atoms with Crippen LogP contribution in [0.3, 0.4) is 0 Å². The van der Waals surface area contributed by atoms with Gasteiger partial charge in [0.2, 0.25) is 11.5 Å². The number of phenols is 1. The Bertz CT molecular complexity index is 2090. The number of aromatic amines is 1. The van der Waals surface area contributed by atoms with E-state index in [-0.39, 0.29) is 41.7 Å². The second kappa shape index (κ2) is 16.6. The topological polar surface area (TPSA) is 206 Å². The summed E-state index contributed by atoms with van der Waals surface area (Å²) in [4.78, 5) is 43.3. The van der Waals surface area contributed by atoms with E-state index in [0.717, 1.165) is 42.4 Å². The molecule has 1 aliphatic rings. The Kier molecular flexibility index (Phi) is 11.6. The van der Waals surface area contributed by atoms with Gasteiger partial charge in [-0.3, -0.25) is 14.6 Å². The fourth-order valence-electron chi connectivity index (χ4n) is 6.94. The number of primary amides is 1. The third-order valence-electron chi connectivity index (χ3n) is 9.61. The van der Waals surface area contributed by atoms with Crippen LogP contribution in [0.1, 0.15) is 72.9 Å². The minimum atomic E-state index is -0.893. The number of phenolic OH excluding ortho intramolecular Hbond substituents is 1. The third-order valence-corrected chi connectivity index (χ3v) is 9.61. The summed E-state index contributed by atoms with van der Waals surface area (Å²) in [6.07, 6.45) is 5.25. The number of H-pyrrole nitrogens is 1. The highest BCUT2D eigenvalue weighted by Gasteiger charge is 2.24. The van der Waals surface area contributed by atoms with E-state index in [1.165, 1.54) is 17.7 Å². The number of aryl methyl sites for hydroxylation is 1. The molecule has 6 rings (SSSR count). The number of hydrogen-bond acceptors (Lipinski definition) is 9. The molecule has 1 aliphatic carbocycles. The quantitative estimate of drug-likeness (QED) is 0.0822. The van der Waals surface area contributed by atoms with Crippen molar-refractivity contribution in [2.24, 2.45) is 11.5 Å². The molecule has 1 atom stereocenters. The molecule has 270 valence electrons. The van der Waals surface area contributed by atoms with Crippen molar-refractivity contribution in [3.8, 4) is 22.6 Å². The van der Waals surface area contributed by atoms with E-state index in [0.29, 0.717) is 53.4 Å². The van der Waals surface area contributed by atoms with Crippen LogP contribution in [0.2, 0.25) is 0 Å². The highest BCUT2D eigenvalue weighted by molar-refractivity contribution is 5.90. The Labute approximate surface area is 301 Å². The van der Waals surface area contributed by atoms with Crippen molar-refractivity contribution in [2.75, 3.05) is 11.9 Å². The van der Waals surface area contributed by atoms with Gasteiger partial charge in [-0.2, -0.15) is 0 Å². The second-order valence-corrected chi connectivity index (χ2v) is 13.3. The van der Waals surface area contributed by atoms with Crippen LogP contribution in [0.4, 0.5) is 10.5 Å². The van der Waals surface area contributed by atoms with E-state index in [4.69, 9.17) is 16.2 Å². The lowest BCUT2D eigenvalue weighted by Crippen LogP contribution is -2.25. The molecule has 52 heavy (non-hydrogen) atoms. The Morgan fingerprint density at radius 3 is 2.56 bits per heavy atom. The van der Waals surface area contributed by atoms with Gasteiger partial charge in [-0.05, 0) is 97.0 Å². The molecule has 12 heteroatoms. The third kappa shape index (κ3) is 9.02. The average Bonchev–Trinajstić information content (AvgIpc) is 3.13. The van der Waals surface area contributed by atoms with Crippen LogP contribution in [0.5, 0.6) is 11.5 Å². The van der Waals surface area contributed by atoms with Crippen molar-refractivity contribution in [3.63, 3.8) is 0 Å². The number of carbonyl (C=O) groups is 2. The molecule has 2 aromatic heterocycles. The Hall–Kier alpha value is -5.56. The number of pyridine rings is 2. The van der Waals surface area contributed by atoms with Crippen molar-refractivity contribution >= 4 is 28.6 Å². The zero-order valence-corrected chi connectivity index (χ0v) is 28.8. The number of amides is 2. The van der Waals surface area contributed by atoms with Crippen LogP contribution in [0.15, 0.2) is 89.9 Å². The SMILES string of the molecule is NC(=O)Oc1cc(CCCC(=O)Nc2ccc(CNC[C@H](O)c3ccc(O)c4[nH]c(=O)ccc34)nc2)ccc1-c1ccccc1C1CCC(N)CC1. The first kappa shape index (κ1) is 36.2. The number of fused-ring (bicyclic) bond motifs is 1. The summed E-state index contributed by atoms with van der Waals surface area (Å²) in [5.74, 6) is 0.565. The smallest absolute Gasteiger partial charge is 0.409 e. The molecule has 0 bridgehead atoms. The number of carbonyl (C=O) groups excluding carboxylic acids is 2. The number of nitrogens with two attached hydrogens (primary N) is 2. The summed E-state index contributed by atoms with van der Waals surface area (Å²) in [5.41, 5.74) is 17.4. The Balaban J connectivity index is 0.997. The Morgan fingerprint density at radius 1 is 0.981 bits per heavy atom. The molecule has 3 aromatic carbocycles. The first-order chi connectivity index (χ1) is 25.1. The molecule has 0 aliphatic heterocycles. The maximum atomic E-state index is 12.8. The van der Waals surface area contributed by atoms with E-state index in [1.54, 1.807) is 30.5 Å². The maximum absolute atomic E-state index is 12.8. The number of aromatic nitrogens is 2. The molecule has 0 spiro atoms. The van der Waals surface area contributed by atoms with E-state index >= 15 is 0 Å². The van der Waals surface area contributed by atoms with E-state index in [2.05, 4.69) is 26.7 Å². The molecule has 1 fully saturated rings. The number of anilines is 1. The Morgan fingerprint density at radius 2 is 1.79 bits per heavy atom. The summed E-state index contributed by atoms with van der Waals surface area (Å²) in [6.45, 7) is 0.584. The predicted molar refractivity (Wildman–Crippen MR) is 200 cm³/mol. The molecule has 0 unspecified atom stereocenters. The van der Waals surface area contributed by atoms with Crippen LogP contribution in [0.25, 0.3) is 22.0 Å². The lowest BCUT2D eigenvalue weighted by molar-refractivity contribution is -0.116. The number of rotatable bonds is 13.